The number of carbonyl (C=O) groups is 1. The fourth-order valence-electron chi connectivity index (χ4n) is 5.46. The largest absolute Gasteiger partial charge is 0.288 e. The predicted molar refractivity (Wildman–Crippen MR) is 139 cm³/mol. The fourth-order valence-corrected chi connectivity index (χ4v) is 5.46. The maximum absolute atomic E-state index is 13.5. The molecule has 0 bridgehead atoms. The van der Waals surface area contributed by atoms with Crippen LogP contribution in [0.2, 0.25) is 0 Å². The van der Waals surface area contributed by atoms with E-state index in [4.69, 9.17) is 4.98 Å². The zero-order chi connectivity index (χ0) is 24.4. The normalized spacial score (nSPS) is 12.6. The van der Waals surface area contributed by atoms with E-state index < -0.39 is 4.92 Å². The van der Waals surface area contributed by atoms with Gasteiger partial charge in [-0.3, -0.25) is 14.9 Å². The smallest absolute Gasteiger partial charge is 0.270 e. The van der Waals surface area contributed by atoms with Crippen molar-refractivity contribution in [1.29, 1.82) is 0 Å². The fraction of sp³-hybridized carbons (Fsp3) is 0.0323. The molecule has 5 aromatic rings. The summed E-state index contributed by atoms with van der Waals surface area (Å²) in [4.78, 5) is 29.5. The summed E-state index contributed by atoms with van der Waals surface area (Å²) < 4.78 is 0. The maximum Gasteiger partial charge on any atom is 0.270 e. The second-order valence-corrected chi connectivity index (χ2v) is 9.17. The standard InChI is InChI=1S/C31H18N2O3/c34-31-26-11-4-3-10-25(26)30-29(31)27(19-7-5-8-22(16-19)33(35)36)17-28(32-30)20-12-13-24-21(15-20)14-18-6-1-2-9-23(18)24/h1-13,15-17H,14H2. The van der Waals surface area contributed by atoms with Gasteiger partial charge in [-0.15, -0.1) is 0 Å². The second kappa shape index (κ2) is 7.55. The molecule has 36 heavy (non-hydrogen) atoms. The van der Waals surface area contributed by atoms with Crippen LogP contribution in [0.15, 0.2) is 97.1 Å². The zero-order valence-electron chi connectivity index (χ0n) is 19.1. The predicted octanol–water partition coefficient (Wildman–Crippen LogP) is 7.11. The molecule has 0 atom stereocenters. The zero-order valence-corrected chi connectivity index (χ0v) is 19.1. The Morgan fingerprint density at radius 1 is 0.667 bits per heavy atom. The lowest BCUT2D eigenvalue weighted by Gasteiger charge is -2.12. The minimum absolute atomic E-state index is 0.0159. The Morgan fingerprint density at radius 2 is 1.42 bits per heavy atom. The number of nitro groups is 1. The second-order valence-electron chi connectivity index (χ2n) is 9.17. The highest BCUT2D eigenvalue weighted by Crippen LogP contribution is 2.44. The number of non-ortho nitro benzene ring substituents is 1. The summed E-state index contributed by atoms with van der Waals surface area (Å²) in [5.41, 5.74) is 10.5. The van der Waals surface area contributed by atoms with Crippen molar-refractivity contribution in [3.05, 3.63) is 129 Å². The van der Waals surface area contributed by atoms with E-state index in [9.17, 15) is 14.9 Å². The summed E-state index contributed by atoms with van der Waals surface area (Å²) in [5.74, 6) is -0.106. The van der Waals surface area contributed by atoms with Crippen molar-refractivity contribution in [1.82, 2.24) is 4.98 Å². The lowest BCUT2D eigenvalue weighted by Crippen LogP contribution is -2.01. The van der Waals surface area contributed by atoms with E-state index in [0.29, 0.717) is 27.9 Å². The summed E-state index contributed by atoms with van der Waals surface area (Å²) in [6.07, 6.45) is 0.864. The van der Waals surface area contributed by atoms with Crippen LogP contribution in [-0.2, 0) is 6.42 Å². The van der Waals surface area contributed by atoms with Crippen molar-refractivity contribution in [2.75, 3.05) is 0 Å². The highest BCUT2D eigenvalue weighted by Gasteiger charge is 2.32. The molecule has 5 heteroatoms. The van der Waals surface area contributed by atoms with Gasteiger partial charge in [-0.1, -0.05) is 72.8 Å². The average molecular weight is 466 g/mol. The minimum Gasteiger partial charge on any atom is -0.288 e. The average Bonchev–Trinajstić information content (AvgIpc) is 3.43. The van der Waals surface area contributed by atoms with E-state index >= 15 is 0 Å². The maximum atomic E-state index is 13.5. The Bertz CT molecular complexity index is 1770. The molecule has 0 unspecified atom stereocenters. The third-order valence-corrected chi connectivity index (χ3v) is 7.13. The van der Waals surface area contributed by atoms with Crippen LogP contribution in [0.5, 0.6) is 0 Å². The number of aromatic nitrogens is 1. The summed E-state index contributed by atoms with van der Waals surface area (Å²) in [6, 6.07) is 30.6. The molecule has 0 aliphatic heterocycles. The highest BCUT2D eigenvalue weighted by atomic mass is 16.6. The summed E-state index contributed by atoms with van der Waals surface area (Å²) >= 11 is 0. The minimum atomic E-state index is -0.416. The first-order chi connectivity index (χ1) is 17.6. The Labute approximate surface area is 206 Å². The molecule has 170 valence electrons. The van der Waals surface area contributed by atoms with Gasteiger partial charge in [0, 0.05) is 28.8 Å². The molecule has 1 aromatic heterocycles. The monoisotopic (exact) mass is 466 g/mol. The molecule has 0 saturated carbocycles. The number of benzene rings is 4. The van der Waals surface area contributed by atoms with Crippen LogP contribution in [0, 0.1) is 10.1 Å². The van der Waals surface area contributed by atoms with E-state index in [1.165, 1.54) is 34.4 Å². The van der Waals surface area contributed by atoms with Crippen LogP contribution >= 0.6 is 0 Å². The Kier molecular flexibility index (Phi) is 4.29. The molecule has 0 fully saturated rings. The summed E-state index contributed by atoms with van der Waals surface area (Å²) in [5, 5.41) is 11.5. The number of rotatable bonds is 3. The molecule has 2 aliphatic carbocycles. The Morgan fingerprint density at radius 3 is 2.25 bits per heavy atom. The van der Waals surface area contributed by atoms with Gasteiger partial charge in [-0.05, 0) is 51.9 Å². The third-order valence-electron chi connectivity index (χ3n) is 7.13. The van der Waals surface area contributed by atoms with Gasteiger partial charge in [0.25, 0.3) is 5.69 Å². The molecule has 0 N–H and O–H groups in total. The first kappa shape index (κ1) is 20.5. The molecular weight excluding hydrogens is 448 g/mol. The van der Waals surface area contributed by atoms with Gasteiger partial charge in [0.15, 0.2) is 5.78 Å². The van der Waals surface area contributed by atoms with Crippen LogP contribution in [-0.4, -0.2) is 15.7 Å². The summed E-state index contributed by atoms with van der Waals surface area (Å²) in [6.45, 7) is 0. The van der Waals surface area contributed by atoms with Crippen LogP contribution in [0.4, 0.5) is 5.69 Å². The van der Waals surface area contributed by atoms with E-state index in [1.54, 1.807) is 6.07 Å². The van der Waals surface area contributed by atoms with Gasteiger partial charge in [-0.2, -0.15) is 0 Å². The van der Waals surface area contributed by atoms with E-state index in [2.05, 4.69) is 42.5 Å². The van der Waals surface area contributed by atoms with E-state index in [-0.39, 0.29) is 11.5 Å². The van der Waals surface area contributed by atoms with Crippen molar-refractivity contribution in [3.8, 4) is 44.8 Å². The molecule has 2 aliphatic rings. The van der Waals surface area contributed by atoms with Crippen molar-refractivity contribution >= 4 is 11.5 Å². The van der Waals surface area contributed by atoms with Crippen LogP contribution in [0.25, 0.3) is 44.8 Å². The number of nitrogens with zero attached hydrogens (tertiary/aromatic N) is 2. The first-order valence-corrected chi connectivity index (χ1v) is 11.7. The number of nitro benzene ring substituents is 1. The molecular formula is C31H18N2O3. The molecule has 4 aromatic carbocycles. The molecule has 0 saturated heterocycles. The SMILES string of the molecule is O=C1c2ccccc2-c2nc(-c3ccc4c(c3)Cc3ccccc3-4)cc(-c3cccc([N+](=O)[O-])c3)c21. The topological polar surface area (TPSA) is 73.1 Å². The highest BCUT2D eigenvalue weighted by molar-refractivity contribution is 6.24. The summed E-state index contributed by atoms with van der Waals surface area (Å²) in [7, 11) is 0. The van der Waals surface area contributed by atoms with Crippen molar-refractivity contribution in [3.63, 3.8) is 0 Å². The van der Waals surface area contributed by atoms with Crippen LogP contribution < -0.4 is 0 Å². The number of hydrogen-bond acceptors (Lipinski definition) is 4. The molecule has 5 nitrogen and oxygen atoms in total. The Hall–Kier alpha value is -4.90. The van der Waals surface area contributed by atoms with Crippen LogP contribution in [0.3, 0.4) is 0 Å². The third kappa shape index (κ3) is 2.96. The van der Waals surface area contributed by atoms with Crippen molar-refractivity contribution in [2.45, 2.75) is 6.42 Å². The number of fused-ring (bicyclic) bond motifs is 6. The molecule has 0 spiro atoms. The van der Waals surface area contributed by atoms with Crippen molar-refractivity contribution in [2.24, 2.45) is 0 Å². The molecule has 1 heterocycles. The molecule has 0 radical (unpaired) electrons. The number of ketones is 1. The first-order valence-electron chi connectivity index (χ1n) is 11.7. The van der Waals surface area contributed by atoms with E-state index in [1.807, 2.05) is 36.4 Å². The van der Waals surface area contributed by atoms with Gasteiger partial charge in [0.2, 0.25) is 0 Å². The number of carbonyl (C=O) groups excluding carboxylic acids is 1. The molecule has 7 rings (SSSR count). The molecule has 0 amide bonds. The lowest BCUT2D eigenvalue weighted by atomic mass is 9.94. The number of pyridine rings is 1. The van der Waals surface area contributed by atoms with Gasteiger partial charge >= 0.3 is 0 Å². The van der Waals surface area contributed by atoms with E-state index in [0.717, 1.165) is 23.2 Å². The van der Waals surface area contributed by atoms with Crippen LogP contribution in [0.1, 0.15) is 27.0 Å². The van der Waals surface area contributed by atoms with Gasteiger partial charge < -0.3 is 0 Å². The van der Waals surface area contributed by atoms with Gasteiger partial charge in [0.1, 0.15) is 0 Å². The van der Waals surface area contributed by atoms with Gasteiger partial charge in [-0.25, -0.2) is 4.98 Å². The van der Waals surface area contributed by atoms with Gasteiger partial charge in [0.05, 0.1) is 21.9 Å². The lowest BCUT2D eigenvalue weighted by molar-refractivity contribution is -0.384. The Balaban J connectivity index is 1.45. The number of hydrogen-bond donors (Lipinski definition) is 0. The van der Waals surface area contributed by atoms with Crippen molar-refractivity contribution < 1.29 is 9.72 Å². The quantitative estimate of drug-likeness (QED) is 0.206.